The van der Waals surface area contributed by atoms with Crippen LogP contribution < -0.4 is 5.90 Å². The second kappa shape index (κ2) is 7.56. The molecule has 0 rings (SSSR count). The Hall–Kier alpha value is 0.556. The number of hydrogen-bond acceptors (Lipinski definition) is 4. The van der Waals surface area contributed by atoms with Gasteiger partial charge < -0.3 is 4.84 Å². The van der Waals surface area contributed by atoms with Crippen LogP contribution in [0.15, 0.2) is 0 Å². The van der Waals surface area contributed by atoms with Gasteiger partial charge in [0.05, 0.1) is 6.07 Å². The van der Waals surface area contributed by atoms with Gasteiger partial charge in [-0.05, 0) is 0 Å². The summed E-state index contributed by atoms with van der Waals surface area (Å²) in [6.07, 6.45) is -0.281. The fraction of sp³-hybridized carbons (Fsp3) is 0.333. The van der Waals surface area contributed by atoms with E-state index < -0.39 is 5.97 Å². The molecule has 2 N–H and O–H groups in total. The predicted molar refractivity (Wildman–Crippen MR) is 27.7 cm³/mol. The number of rotatable bonds is 1. The number of hydrogen-bond donors (Lipinski definition) is 1. The van der Waals surface area contributed by atoms with Gasteiger partial charge in [0.15, 0.2) is 0 Å². The summed E-state index contributed by atoms with van der Waals surface area (Å²) in [7, 11) is 0. The Kier molecular flexibility index (Phi) is 10.7. The third-order valence-electron chi connectivity index (χ3n) is 0.355. The normalized spacial score (nSPS) is 6.00. The first kappa shape index (κ1) is 11.4. The van der Waals surface area contributed by atoms with Gasteiger partial charge in [-0.15, -0.1) is 0 Å². The summed E-state index contributed by atoms with van der Waals surface area (Å²) in [4.78, 5) is 13.5. The molecule has 0 unspecified atom stereocenters. The molecular weight excluding hydrogens is 135 g/mol. The van der Waals surface area contributed by atoms with Gasteiger partial charge in [-0.1, -0.05) is 0 Å². The molecule has 0 aromatic carbocycles. The van der Waals surface area contributed by atoms with Gasteiger partial charge in [0.2, 0.25) is 0 Å². The number of nitrogens with two attached hydrogens (primary N) is 1. The van der Waals surface area contributed by atoms with Crippen LogP contribution in [-0.4, -0.2) is 57.4 Å². The fourth-order valence-electron chi connectivity index (χ4n) is 0.106. The van der Waals surface area contributed by atoms with E-state index in [1.54, 1.807) is 6.07 Å². The molecule has 0 radical (unpaired) electrons. The molecule has 0 heterocycles. The van der Waals surface area contributed by atoms with E-state index >= 15 is 0 Å². The molecule has 0 aliphatic carbocycles. The molecule has 0 aliphatic heterocycles. The summed E-state index contributed by atoms with van der Waals surface area (Å²) in [5.41, 5.74) is 0. The van der Waals surface area contributed by atoms with Crippen molar-refractivity contribution in [2.45, 2.75) is 6.42 Å². The molecule has 0 bridgehead atoms. The third kappa shape index (κ3) is 6.56. The molecule has 4 nitrogen and oxygen atoms in total. The number of nitriles is 1. The van der Waals surface area contributed by atoms with Crippen LogP contribution in [0.1, 0.15) is 6.42 Å². The Labute approximate surface area is 89.4 Å². The first-order chi connectivity index (χ1) is 3.31. The molecule has 0 atom stereocenters. The van der Waals surface area contributed by atoms with Gasteiger partial charge >= 0.3 is 57.4 Å². The van der Waals surface area contributed by atoms with Gasteiger partial charge in [0.25, 0.3) is 0 Å². The Morgan fingerprint density at radius 1 is 1.88 bits per heavy atom. The molecule has 0 aliphatic rings. The Bertz CT molecular complexity index is 108. The van der Waals surface area contributed by atoms with E-state index in [0.717, 1.165) is 0 Å². The molecule has 0 aromatic rings. The van der Waals surface area contributed by atoms with E-state index in [1.807, 2.05) is 0 Å². The molecule has 0 saturated carbocycles. The van der Waals surface area contributed by atoms with Gasteiger partial charge in [0.1, 0.15) is 6.42 Å². The summed E-state index contributed by atoms with van der Waals surface area (Å²) in [6, 6.07) is 1.56. The van der Waals surface area contributed by atoms with Crippen LogP contribution in [0.5, 0.6) is 0 Å². The minimum absolute atomic E-state index is 0. The van der Waals surface area contributed by atoms with Crippen LogP contribution >= 0.6 is 0 Å². The fourth-order valence-corrected chi connectivity index (χ4v) is 0.106. The molecule has 40 valence electrons. The zero-order valence-corrected chi connectivity index (χ0v) is 3.55. The van der Waals surface area contributed by atoms with Crippen molar-refractivity contribution >= 4 is 57.4 Å². The Morgan fingerprint density at radius 3 is 2.50 bits per heavy atom. The summed E-state index contributed by atoms with van der Waals surface area (Å²) in [5, 5.41) is 7.76. The van der Waals surface area contributed by atoms with Gasteiger partial charge in [0, 0.05) is 0 Å². The number of carbonyl (C=O) groups excluding carboxylic acids is 1. The molecule has 0 fully saturated rings. The molecule has 0 aromatic heterocycles. The van der Waals surface area contributed by atoms with Crippen molar-refractivity contribution in [3.05, 3.63) is 0 Å². The van der Waals surface area contributed by atoms with Crippen molar-refractivity contribution in [3.8, 4) is 6.07 Å². The van der Waals surface area contributed by atoms with E-state index in [2.05, 4.69) is 10.7 Å². The Morgan fingerprint density at radius 2 is 2.38 bits per heavy atom. The molecule has 0 saturated heterocycles. The number of carbonyl (C=O) groups is 1. The van der Waals surface area contributed by atoms with Crippen molar-refractivity contribution in [2.75, 3.05) is 0 Å². The van der Waals surface area contributed by atoms with Crippen molar-refractivity contribution < 1.29 is 9.63 Å². The van der Waals surface area contributed by atoms with Crippen LogP contribution in [0, 0.1) is 11.3 Å². The summed E-state index contributed by atoms with van der Waals surface area (Å²) < 4.78 is 0. The maximum absolute atomic E-state index is 9.84. The summed E-state index contributed by atoms with van der Waals surface area (Å²) in [5.74, 6) is 3.65. The zero-order chi connectivity index (χ0) is 5.70. The van der Waals surface area contributed by atoms with Gasteiger partial charge in [-0.25, -0.2) is 4.79 Å². The Balaban J connectivity index is 0. The average Bonchev–Trinajstić information content (AvgIpc) is 1.68. The standard InChI is InChI=1S/C3H4N2O2.K.H/c4-2-1-3(6)7-5;;/h1,5H2;;. The van der Waals surface area contributed by atoms with E-state index in [9.17, 15) is 4.79 Å². The molecule has 0 spiro atoms. The van der Waals surface area contributed by atoms with Crippen LogP contribution in [0.3, 0.4) is 0 Å². The van der Waals surface area contributed by atoms with Gasteiger partial charge in [-0.3, -0.25) is 0 Å². The molecular formula is C3H5KN2O2. The quantitative estimate of drug-likeness (QED) is 0.361. The van der Waals surface area contributed by atoms with Crippen molar-refractivity contribution in [2.24, 2.45) is 5.90 Å². The van der Waals surface area contributed by atoms with Crippen LogP contribution in [0.25, 0.3) is 0 Å². The molecule has 5 heteroatoms. The van der Waals surface area contributed by atoms with Crippen molar-refractivity contribution in [3.63, 3.8) is 0 Å². The van der Waals surface area contributed by atoms with Crippen molar-refractivity contribution in [1.29, 1.82) is 5.26 Å². The molecule has 0 amide bonds. The SMILES string of the molecule is N#CCC(=O)ON.[KH]. The monoisotopic (exact) mass is 140 g/mol. The minimum atomic E-state index is -0.706. The summed E-state index contributed by atoms with van der Waals surface area (Å²) >= 11 is 0. The average molecular weight is 140 g/mol. The van der Waals surface area contributed by atoms with E-state index in [1.165, 1.54) is 0 Å². The predicted octanol–water partition coefficient (Wildman–Crippen LogP) is -1.33. The molecule has 8 heavy (non-hydrogen) atoms. The van der Waals surface area contributed by atoms with E-state index in [0.29, 0.717) is 0 Å². The topological polar surface area (TPSA) is 76.1 Å². The van der Waals surface area contributed by atoms with E-state index in [-0.39, 0.29) is 57.8 Å². The maximum atomic E-state index is 9.84. The first-order valence-corrected chi connectivity index (χ1v) is 1.57. The zero-order valence-electron chi connectivity index (χ0n) is 3.55. The second-order valence-corrected chi connectivity index (χ2v) is 0.825. The summed E-state index contributed by atoms with van der Waals surface area (Å²) in [6.45, 7) is 0. The van der Waals surface area contributed by atoms with Crippen LogP contribution in [-0.2, 0) is 9.63 Å². The van der Waals surface area contributed by atoms with Crippen LogP contribution in [0.2, 0.25) is 0 Å². The van der Waals surface area contributed by atoms with Crippen LogP contribution in [0.4, 0.5) is 0 Å². The second-order valence-electron chi connectivity index (χ2n) is 0.825. The number of nitrogens with zero attached hydrogens (tertiary/aromatic N) is 1. The first-order valence-electron chi connectivity index (χ1n) is 1.57. The third-order valence-corrected chi connectivity index (χ3v) is 0.355. The van der Waals surface area contributed by atoms with Gasteiger partial charge in [-0.2, -0.15) is 11.2 Å². The van der Waals surface area contributed by atoms with Crippen molar-refractivity contribution in [1.82, 2.24) is 0 Å². The van der Waals surface area contributed by atoms with E-state index in [4.69, 9.17) is 5.26 Å².